The van der Waals surface area contributed by atoms with E-state index in [-0.39, 0.29) is 17.7 Å². The Balaban J connectivity index is 4.27. The Bertz CT molecular complexity index is 741. The highest BCUT2D eigenvalue weighted by atomic mass is 16.2. The molecule has 0 aromatic heterocycles. The van der Waals surface area contributed by atoms with Gasteiger partial charge in [-0.3, -0.25) is 14.4 Å². The molecule has 0 fully saturated rings. The van der Waals surface area contributed by atoms with Crippen molar-refractivity contribution in [2.75, 3.05) is 52.4 Å². The highest BCUT2D eigenvalue weighted by Crippen LogP contribution is 2.11. The average Bonchev–Trinajstić information content (AvgIpc) is 3.14. The normalized spacial score (nSPS) is 11.3. The van der Waals surface area contributed by atoms with Crippen molar-refractivity contribution in [1.82, 2.24) is 26.2 Å². The number of rotatable bonds is 42. The van der Waals surface area contributed by atoms with Crippen LogP contribution in [0.25, 0.3) is 0 Å². The molecule has 8 nitrogen and oxygen atoms in total. The van der Waals surface area contributed by atoms with Gasteiger partial charge >= 0.3 is 0 Å². The van der Waals surface area contributed by atoms with Gasteiger partial charge in [-0.1, -0.05) is 175 Å². The van der Waals surface area contributed by atoms with Crippen molar-refractivity contribution >= 4 is 17.7 Å². The first-order chi connectivity index (χ1) is 25.5. The highest BCUT2D eigenvalue weighted by molar-refractivity contribution is 5.77. The third kappa shape index (κ3) is 39.5. The van der Waals surface area contributed by atoms with E-state index in [1.807, 2.05) is 0 Å². The molecule has 0 saturated carbocycles. The molecule has 3 amide bonds. The second-order valence-electron chi connectivity index (χ2n) is 15.4. The SMILES string of the molecule is CCCCCCCCCCCNC(=O)CCNCCN(CCC(=O)NCCCCCCCCCCC)CCC(=O)NCCCCCCCCCCC. The van der Waals surface area contributed by atoms with E-state index < -0.39 is 0 Å². The van der Waals surface area contributed by atoms with Crippen LogP contribution < -0.4 is 21.3 Å². The zero-order valence-electron chi connectivity index (χ0n) is 35.0. The van der Waals surface area contributed by atoms with Gasteiger partial charge in [0.15, 0.2) is 0 Å². The van der Waals surface area contributed by atoms with Crippen molar-refractivity contribution < 1.29 is 14.4 Å². The van der Waals surface area contributed by atoms with Gasteiger partial charge in [0.05, 0.1) is 0 Å². The molecule has 0 aliphatic carbocycles. The van der Waals surface area contributed by atoms with Gasteiger partial charge in [-0.25, -0.2) is 0 Å². The van der Waals surface area contributed by atoms with Gasteiger partial charge in [0.1, 0.15) is 0 Å². The van der Waals surface area contributed by atoms with Crippen LogP contribution in [0, 0.1) is 0 Å². The molecule has 0 aliphatic heterocycles. The lowest BCUT2D eigenvalue weighted by molar-refractivity contribution is -0.122. The van der Waals surface area contributed by atoms with Crippen LogP contribution in [0.2, 0.25) is 0 Å². The van der Waals surface area contributed by atoms with E-state index in [4.69, 9.17) is 0 Å². The fourth-order valence-corrected chi connectivity index (χ4v) is 6.67. The first-order valence-electron chi connectivity index (χ1n) is 22.8. The van der Waals surface area contributed by atoms with Crippen molar-refractivity contribution in [2.24, 2.45) is 0 Å². The average molecular weight is 736 g/mol. The Morgan fingerprint density at radius 2 is 0.615 bits per heavy atom. The largest absolute Gasteiger partial charge is 0.356 e. The Morgan fingerprint density at radius 1 is 0.327 bits per heavy atom. The summed E-state index contributed by atoms with van der Waals surface area (Å²) >= 11 is 0. The Labute approximate surface area is 323 Å². The Kier molecular flexibility index (Phi) is 40.7. The van der Waals surface area contributed by atoms with Gasteiger partial charge in [-0.05, 0) is 19.3 Å². The van der Waals surface area contributed by atoms with Crippen LogP contribution in [0.15, 0.2) is 0 Å². The Morgan fingerprint density at radius 3 is 0.942 bits per heavy atom. The van der Waals surface area contributed by atoms with Gasteiger partial charge in [0.25, 0.3) is 0 Å². The summed E-state index contributed by atoms with van der Waals surface area (Å²) in [6.07, 6.45) is 35.9. The molecule has 0 aromatic rings. The van der Waals surface area contributed by atoms with E-state index >= 15 is 0 Å². The maximum absolute atomic E-state index is 12.6. The second-order valence-corrected chi connectivity index (χ2v) is 15.4. The molecule has 8 heteroatoms. The van der Waals surface area contributed by atoms with E-state index in [1.54, 1.807) is 0 Å². The second kappa shape index (κ2) is 42.1. The minimum Gasteiger partial charge on any atom is -0.356 e. The van der Waals surface area contributed by atoms with Gasteiger partial charge in [-0.2, -0.15) is 0 Å². The minimum atomic E-state index is 0.0935. The molecule has 0 spiro atoms. The van der Waals surface area contributed by atoms with E-state index in [0.717, 1.165) is 52.0 Å². The lowest BCUT2D eigenvalue weighted by atomic mass is 10.1. The zero-order chi connectivity index (χ0) is 38.0. The van der Waals surface area contributed by atoms with Crippen molar-refractivity contribution in [1.29, 1.82) is 0 Å². The maximum atomic E-state index is 12.6. The van der Waals surface area contributed by atoms with Crippen molar-refractivity contribution in [3.8, 4) is 0 Å². The van der Waals surface area contributed by atoms with Crippen LogP contribution in [0.1, 0.15) is 213 Å². The molecule has 0 rings (SSSR count). The summed E-state index contributed by atoms with van der Waals surface area (Å²) in [4.78, 5) is 39.7. The standard InChI is InChI=1S/C44H89N5O3/c1-4-7-10-13-16-19-22-25-28-34-46-42(50)31-37-45-38-41-49(39-32-43(51)47-35-29-26-23-20-17-14-11-8-5-2)40-33-44(52)48-36-30-27-24-21-18-15-12-9-6-3/h45H,4-41H2,1-3H3,(H,46,50)(H,47,51)(H,48,52). The third-order valence-corrected chi connectivity index (χ3v) is 10.3. The number of amides is 3. The fraction of sp³-hybridized carbons (Fsp3) is 0.932. The summed E-state index contributed by atoms with van der Waals surface area (Å²) in [7, 11) is 0. The van der Waals surface area contributed by atoms with Crippen LogP contribution in [0.4, 0.5) is 0 Å². The number of nitrogens with one attached hydrogen (secondary N) is 4. The van der Waals surface area contributed by atoms with E-state index in [0.29, 0.717) is 38.9 Å². The van der Waals surface area contributed by atoms with Gasteiger partial charge in [0, 0.05) is 71.6 Å². The molecule has 0 aromatic carbocycles. The number of carbonyl (C=O) groups excluding carboxylic acids is 3. The third-order valence-electron chi connectivity index (χ3n) is 10.3. The van der Waals surface area contributed by atoms with Crippen LogP contribution in [0.5, 0.6) is 0 Å². The number of hydrogen-bond acceptors (Lipinski definition) is 5. The molecule has 0 radical (unpaired) electrons. The maximum Gasteiger partial charge on any atom is 0.221 e. The van der Waals surface area contributed by atoms with Crippen LogP contribution in [-0.4, -0.2) is 75.0 Å². The van der Waals surface area contributed by atoms with Crippen LogP contribution in [0.3, 0.4) is 0 Å². The monoisotopic (exact) mass is 736 g/mol. The quantitative estimate of drug-likeness (QED) is 0.0468. The van der Waals surface area contributed by atoms with Crippen LogP contribution in [-0.2, 0) is 14.4 Å². The number of carbonyl (C=O) groups is 3. The summed E-state index contributed by atoms with van der Waals surface area (Å²) in [6, 6.07) is 0. The van der Waals surface area contributed by atoms with Gasteiger partial charge < -0.3 is 26.2 Å². The minimum absolute atomic E-state index is 0.0935. The highest BCUT2D eigenvalue weighted by Gasteiger charge is 2.11. The van der Waals surface area contributed by atoms with E-state index in [1.165, 1.54) is 154 Å². The van der Waals surface area contributed by atoms with Gasteiger partial charge in [0.2, 0.25) is 17.7 Å². The van der Waals surface area contributed by atoms with E-state index in [2.05, 4.69) is 46.9 Å². The summed E-state index contributed by atoms with van der Waals surface area (Å²) < 4.78 is 0. The number of nitrogens with zero attached hydrogens (tertiary/aromatic N) is 1. The van der Waals surface area contributed by atoms with E-state index in [9.17, 15) is 14.4 Å². The first-order valence-corrected chi connectivity index (χ1v) is 22.8. The first kappa shape index (κ1) is 50.3. The fourth-order valence-electron chi connectivity index (χ4n) is 6.67. The van der Waals surface area contributed by atoms with Gasteiger partial charge in [-0.15, -0.1) is 0 Å². The lowest BCUT2D eigenvalue weighted by Crippen LogP contribution is -2.38. The molecule has 0 atom stereocenters. The number of hydrogen-bond donors (Lipinski definition) is 4. The van der Waals surface area contributed by atoms with Crippen molar-refractivity contribution in [3.63, 3.8) is 0 Å². The zero-order valence-corrected chi connectivity index (χ0v) is 35.0. The summed E-state index contributed by atoms with van der Waals surface area (Å²) in [6.45, 7) is 12.4. The van der Waals surface area contributed by atoms with Crippen LogP contribution >= 0.6 is 0 Å². The topological polar surface area (TPSA) is 103 Å². The van der Waals surface area contributed by atoms with Crippen molar-refractivity contribution in [3.05, 3.63) is 0 Å². The molecule has 0 bridgehead atoms. The molecule has 0 saturated heterocycles. The predicted octanol–water partition coefficient (Wildman–Crippen LogP) is 9.99. The number of unbranched alkanes of at least 4 members (excludes halogenated alkanes) is 24. The molecular weight excluding hydrogens is 647 g/mol. The summed E-state index contributed by atoms with van der Waals surface area (Å²) in [5.74, 6) is 0.295. The molecule has 52 heavy (non-hydrogen) atoms. The molecule has 0 heterocycles. The van der Waals surface area contributed by atoms with Crippen molar-refractivity contribution in [2.45, 2.75) is 213 Å². The smallest absolute Gasteiger partial charge is 0.221 e. The predicted molar refractivity (Wildman–Crippen MR) is 224 cm³/mol. The molecule has 308 valence electrons. The molecule has 0 unspecified atom stereocenters. The summed E-state index contributed by atoms with van der Waals surface area (Å²) in [5, 5.41) is 12.7. The lowest BCUT2D eigenvalue weighted by Gasteiger charge is -2.22. The molecule has 0 aliphatic rings. The summed E-state index contributed by atoms with van der Waals surface area (Å²) in [5.41, 5.74) is 0. The molecular formula is C44H89N5O3. The Hall–Kier alpha value is -1.67. The molecule has 4 N–H and O–H groups in total.